The predicted molar refractivity (Wildman–Crippen MR) is 94.0 cm³/mol. The maximum absolute atomic E-state index is 13.9. The molecule has 1 atom stereocenters. The maximum atomic E-state index is 13.9. The Kier molecular flexibility index (Phi) is 5.05. The zero-order chi connectivity index (χ0) is 19.1. The van der Waals surface area contributed by atoms with Crippen LogP contribution < -0.4 is 5.43 Å². The second-order valence-electron chi connectivity index (χ2n) is 6.65. The van der Waals surface area contributed by atoms with Gasteiger partial charge in [0.1, 0.15) is 11.4 Å². The third kappa shape index (κ3) is 3.60. The lowest BCUT2D eigenvalue weighted by Gasteiger charge is -2.19. The van der Waals surface area contributed by atoms with Gasteiger partial charge in [-0.15, -0.1) is 0 Å². The summed E-state index contributed by atoms with van der Waals surface area (Å²) in [6.45, 7) is 6.16. The first kappa shape index (κ1) is 18.8. The van der Waals surface area contributed by atoms with Crippen LogP contribution in [0, 0.1) is 5.82 Å². The second kappa shape index (κ2) is 6.98. The average Bonchev–Trinajstić information content (AvgIpc) is 2.91. The molecule has 0 amide bonds. The molecule has 6 nitrogen and oxygen atoms in total. The molecular weight excluding hydrogens is 365 g/mol. The van der Waals surface area contributed by atoms with E-state index in [0.29, 0.717) is 12.1 Å². The Hall–Kier alpha value is -1.96. The molecular formula is C18H19ClFNO5. The van der Waals surface area contributed by atoms with Gasteiger partial charge in [0.15, 0.2) is 6.29 Å². The standard InChI is InChI=1S/C18H19ClFNO5/c1-4-24-17(23)11-7-21(8-15-25-9-18(2,3)26-15)14-6-12(19)13(20)5-10(14)16(11)22/h5-7,15H,4,8-9H2,1-3H3. The van der Waals surface area contributed by atoms with Crippen molar-refractivity contribution in [2.24, 2.45) is 0 Å². The van der Waals surface area contributed by atoms with E-state index in [1.807, 2.05) is 13.8 Å². The molecule has 26 heavy (non-hydrogen) atoms. The summed E-state index contributed by atoms with van der Waals surface area (Å²) in [6, 6.07) is 2.38. The van der Waals surface area contributed by atoms with Gasteiger partial charge < -0.3 is 18.8 Å². The van der Waals surface area contributed by atoms with Crippen LogP contribution in [-0.4, -0.2) is 35.6 Å². The van der Waals surface area contributed by atoms with Crippen molar-refractivity contribution in [2.45, 2.75) is 39.2 Å². The third-order valence-corrected chi connectivity index (χ3v) is 4.32. The van der Waals surface area contributed by atoms with Gasteiger partial charge in [0.25, 0.3) is 0 Å². The van der Waals surface area contributed by atoms with Crippen LogP contribution in [0.25, 0.3) is 10.9 Å². The normalized spacial score (nSPS) is 19.0. The molecule has 1 aromatic carbocycles. The second-order valence-corrected chi connectivity index (χ2v) is 7.05. The molecule has 140 valence electrons. The fourth-order valence-electron chi connectivity index (χ4n) is 2.86. The largest absolute Gasteiger partial charge is 0.462 e. The highest BCUT2D eigenvalue weighted by Gasteiger charge is 2.33. The van der Waals surface area contributed by atoms with Crippen molar-refractivity contribution < 1.29 is 23.4 Å². The lowest BCUT2D eigenvalue weighted by Crippen LogP contribution is -2.26. The van der Waals surface area contributed by atoms with Gasteiger partial charge in [0.2, 0.25) is 5.43 Å². The van der Waals surface area contributed by atoms with Crippen LogP contribution in [0.2, 0.25) is 5.02 Å². The molecule has 1 aromatic heterocycles. The van der Waals surface area contributed by atoms with E-state index >= 15 is 0 Å². The maximum Gasteiger partial charge on any atom is 0.343 e. The highest BCUT2D eigenvalue weighted by atomic mass is 35.5. The predicted octanol–water partition coefficient (Wildman–Crippen LogP) is 3.12. The molecule has 1 aliphatic rings. The van der Waals surface area contributed by atoms with Gasteiger partial charge in [0, 0.05) is 11.6 Å². The summed E-state index contributed by atoms with van der Waals surface area (Å²) in [5.74, 6) is -1.50. The number of esters is 1. The van der Waals surface area contributed by atoms with E-state index in [9.17, 15) is 14.0 Å². The van der Waals surface area contributed by atoms with E-state index in [0.717, 1.165) is 6.07 Å². The number of hydrogen-bond acceptors (Lipinski definition) is 5. The van der Waals surface area contributed by atoms with Crippen molar-refractivity contribution in [1.29, 1.82) is 0 Å². The van der Waals surface area contributed by atoms with Crippen molar-refractivity contribution in [3.63, 3.8) is 0 Å². The number of rotatable bonds is 4. The molecule has 0 aliphatic carbocycles. The lowest BCUT2D eigenvalue weighted by atomic mass is 10.1. The van der Waals surface area contributed by atoms with Crippen molar-refractivity contribution in [2.75, 3.05) is 13.2 Å². The molecule has 3 rings (SSSR count). The van der Waals surface area contributed by atoms with Gasteiger partial charge in [-0.3, -0.25) is 4.79 Å². The molecule has 0 radical (unpaired) electrons. The minimum Gasteiger partial charge on any atom is -0.462 e. The van der Waals surface area contributed by atoms with Crippen LogP contribution in [0.3, 0.4) is 0 Å². The quantitative estimate of drug-likeness (QED) is 0.759. The van der Waals surface area contributed by atoms with Gasteiger partial charge >= 0.3 is 5.97 Å². The van der Waals surface area contributed by atoms with Gasteiger partial charge in [-0.25, -0.2) is 9.18 Å². The van der Waals surface area contributed by atoms with Crippen molar-refractivity contribution >= 4 is 28.5 Å². The van der Waals surface area contributed by atoms with E-state index < -0.39 is 29.1 Å². The van der Waals surface area contributed by atoms with Gasteiger partial charge in [-0.1, -0.05) is 11.6 Å². The zero-order valence-electron chi connectivity index (χ0n) is 14.7. The van der Waals surface area contributed by atoms with Crippen molar-refractivity contribution in [3.05, 3.63) is 45.0 Å². The third-order valence-electron chi connectivity index (χ3n) is 4.03. The number of benzene rings is 1. The van der Waals surface area contributed by atoms with Gasteiger partial charge in [-0.05, 0) is 32.9 Å². The Morgan fingerprint density at radius 1 is 1.46 bits per heavy atom. The highest BCUT2D eigenvalue weighted by molar-refractivity contribution is 6.31. The van der Waals surface area contributed by atoms with Crippen LogP contribution in [0.1, 0.15) is 31.1 Å². The monoisotopic (exact) mass is 383 g/mol. The Balaban J connectivity index is 2.13. The molecule has 2 heterocycles. The summed E-state index contributed by atoms with van der Waals surface area (Å²) < 4.78 is 31.8. The molecule has 8 heteroatoms. The van der Waals surface area contributed by atoms with E-state index in [2.05, 4.69) is 0 Å². The number of carbonyl (C=O) groups is 1. The summed E-state index contributed by atoms with van der Waals surface area (Å²) in [6.07, 6.45) is 0.796. The zero-order valence-corrected chi connectivity index (χ0v) is 15.4. The minimum atomic E-state index is -0.767. The Bertz CT molecular complexity index is 924. The molecule has 0 spiro atoms. The highest BCUT2D eigenvalue weighted by Crippen LogP contribution is 2.26. The van der Waals surface area contributed by atoms with Crippen LogP contribution in [0.4, 0.5) is 4.39 Å². The topological polar surface area (TPSA) is 66.8 Å². The number of ether oxygens (including phenoxy) is 3. The molecule has 2 aromatic rings. The van der Waals surface area contributed by atoms with E-state index in [4.69, 9.17) is 25.8 Å². The SMILES string of the molecule is CCOC(=O)c1cn(CC2OCC(C)(C)O2)c2cc(Cl)c(F)cc2c1=O. The first-order valence-corrected chi connectivity index (χ1v) is 8.58. The smallest absolute Gasteiger partial charge is 0.343 e. The number of pyridine rings is 1. The first-order chi connectivity index (χ1) is 12.2. The first-order valence-electron chi connectivity index (χ1n) is 8.20. The van der Waals surface area contributed by atoms with Crippen LogP contribution in [0.15, 0.2) is 23.1 Å². The molecule has 0 N–H and O–H groups in total. The summed E-state index contributed by atoms with van der Waals surface area (Å²) in [5, 5.41) is -0.0853. The fourth-order valence-corrected chi connectivity index (χ4v) is 3.02. The molecule has 1 saturated heterocycles. The number of fused-ring (bicyclic) bond motifs is 1. The summed E-state index contributed by atoms with van der Waals surface area (Å²) in [4.78, 5) is 24.8. The molecule has 1 fully saturated rings. The number of aromatic nitrogens is 1. The van der Waals surface area contributed by atoms with E-state index in [1.54, 1.807) is 11.5 Å². The Labute approximate surface area is 154 Å². The molecule has 0 saturated carbocycles. The Morgan fingerprint density at radius 2 is 2.19 bits per heavy atom. The number of carbonyl (C=O) groups excluding carboxylic acids is 1. The van der Waals surface area contributed by atoms with Crippen LogP contribution >= 0.6 is 11.6 Å². The lowest BCUT2D eigenvalue weighted by molar-refractivity contribution is -0.0864. The molecule has 1 aliphatic heterocycles. The average molecular weight is 384 g/mol. The van der Waals surface area contributed by atoms with Crippen LogP contribution in [0.5, 0.6) is 0 Å². The Morgan fingerprint density at radius 3 is 2.81 bits per heavy atom. The number of halogens is 2. The van der Waals surface area contributed by atoms with E-state index in [-0.39, 0.29) is 29.1 Å². The summed E-state index contributed by atoms with van der Waals surface area (Å²) in [5.41, 5.74) is -0.851. The van der Waals surface area contributed by atoms with Gasteiger partial charge in [-0.2, -0.15) is 0 Å². The van der Waals surface area contributed by atoms with Crippen LogP contribution in [-0.2, 0) is 20.8 Å². The minimum absolute atomic E-state index is 0.0368. The molecule has 1 unspecified atom stereocenters. The number of nitrogens with zero attached hydrogens (tertiary/aromatic N) is 1. The molecule has 0 bridgehead atoms. The number of hydrogen-bond donors (Lipinski definition) is 0. The van der Waals surface area contributed by atoms with Gasteiger partial charge in [0.05, 0.1) is 35.9 Å². The van der Waals surface area contributed by atoms with Crippen molar-refractivity contribution in [3.8, 4) is 0 Å². The summed E-state index contributed by atoms with van der Waals surface area (Å²) in [7, 11) is 0. The summed E-state index contributed by atoms with van der Waals surface area (Å²) >= 11 is 5.88. The fraction of sp³-hybridized carbons (Fsp3) is 0.444. The van der Waals surface area contributed by atoms with Crippen molar-refractivity contribution in [1.82, 2.24) is 4.57 Å². The van der Waals surface area contributed by atoms with E-state index in [1.165, 1.54) is 12.3 Å².